The molecule has 2 amide bonds. The minimum atomic E-state index is -0.109. The van der Waals surface area contributed by atoms with Gasteiger partial charge in [-0.05, 0) is 24.3 Å². The Morgan fingerprint density at radius 2 is 2.08 bits per heavy atom. The van der Waals surface area contributed by atoms with Gasteiger partial charge < -0.3 is 4.90 Å². The van der Waals surface area contributed by atoms with Crippen LogP contribution in [0.5, 0.6) is 0 Å². The smallest absolute Gasteiger partial charge is 0.267 e. The van der Waals surface area contributed by atoms with Crippen LogP contribution in [0.4, 0.5) is 5.13 Å². The molecular formula is C17H20N4O2S2. The number of hydrogen-bond acceptors (Lipinski definition) is 6. The van der Waals surface area contributed by atoms with Gasteiger partial charge in [-0.15, -0.1) is 22.7 Å². The Morgan fingerprint density at radius 1 is 1.24 bits per heavy atom. The molecule has 4 heterocycles. The summed E-state index contributed by atoms with van der Waals surface area (Å²) < 4.78 is 0. The minimum absolute atomic E-state index is 0.109. The predicted octanol–water partition coefficient (Wildman–Crippen LogP) is 2.44. The topological polar surface area (TPSA) is 65.5 Å². The number of likely N-dealkylation sites (tertiary alicyclic amines) is 1. The van der Waals surface area contributed by atoms with Crippen LogP contribution in [0.2, 0.25) is 0 Å². The van der Waals surface area contributed by atoms with E-state index in [1.165, 1.54) is 22.7 Å². The normalized spacial score (nSPS) is 17.5. The Bertz CT molecular complexity index is 766. The van der Waals surface area contributed by atoms with Crippen molar-refractivity contribution >= 4 is 39.6 Å². The van der Waals surface area contributed by atoms with Gasteiger partial charge >= 0.3 is 0 Å². The molecule has 0 aromatic carbocycles. The molecule has 0 unspecified atom stereocenters. The van der Waals surface area contributed by atoms with Crippen molar-refractivity contribution in [1.82, 2.24) is 14.8 Å². The third-order valence-corrected chi connectivity index (χ3v) is 6.46. The number of thiazole rings is 1. The molecule has 0 saturated carbocycles. The van der Waals surface area contributed by atoms with E-state index in [-0.39, 0.29) is 11.8 Å². The van der Waals surface area contributed by atoms with Gasteiger partial charge in [0.25, 0.3) is 5.91 Å². The quantitative estimate of drug-likeness (QED) is 0.890. The Hall–Kier alpha value is -1.77. The third kappa shape index (κ3) is 3.75. The number of hydrogen-bond donors (Lipinski definition) is 1. The van der Waals surface area contributed by atoms with Gasteiger partial charge in [0.05, 0.1) is 17.1 Å². The van der Waals surface area contributed by atoms with E-state index in [0.717, 1.165) is 56.0 Å². The number of aromatic nitrogens is 1. The van der Waals surface area contributed by atoms with Gasteiger partial charge in [0.1, 0.15) is 0 Å². The fourth-order valence-corrected chi connectivity index (χ4v) is 4.93. The molecule has 2 aromatic rings. The summed E-state index contributed by atoms with van der Waals surface area (Å²) in [5.74, 6) is 0.124. The highest BCUT2D eigenvalue weighted by Gasteiger charge is 2.25. The van der Waals surface area contributed by atoms with E-state index in [1.807, 2.05) is 16.3 Å². The number of rotatable bonds is 4. The second-order valence-electron chi connectivity index (χ2n) is 6.37. The molecular weight excluding hydrogens is 356 g/mol. The van der Waals surface area contributed by atoms with Crippen LogP contribution in [0.1, 0.15) is 33.1 Å². The molecule has 1 fully saturated rings. The largest absolute Gasteiger partial charge is 0.342 e. The van der Waals surface area contributed by atoms with Crippen LogP contribution in [-0.4, -0.2) is 52.8 Å². The van der Waals surface area contributed by atoms with Crippen molar-refractivity contribution in [3.63, 3.8) is 0 Å². The van der Waals surface area contributed by atoms with E-state index in [1.54, 1.807) is 6.07 Å². The molecule has 4 rings (SSSR count). The van der Waals surface area contributed by atoms with Gasteiger partial charge in [0.2, 0.25) is 5.91 Å². The van der Waals surface area contributed by atoms with Crippen molar-refractivity contribution in [2.45, 2.75) is 25.8 Å². The van der Waals surface area contributed by atoms with E-state index in [0.29, 0.717) is 16.6 Å². The standard InChI is InChI=1S/C17H20N4O2S2/c22-15(21-6-1-2-7-21)11-20-8-5-12-14(10-20)25-17(18-12)19-16(23)13-4-3-9-24-13/h3-4,9H,1-2,5-8,10-11H2,(H,18,19,23). The van der Waals surface area contributed by atoms with Crippen LogP contribution in [0.15, 0.2) is 17.5 Å². The fourth-order valence-electron chi connectivity index (χ4n) is 3.26. The maximum absolute atomic E-state index is 12.3. The number of carbonyl (C=O) groups excluding carboxylic acids is 2. The SMILES string of the molecule is O=C(Nc1nc2c(s1)CN(CC(=O)N1CCCC1)CC2)c1cccs1. The number of fused-ring (bicyclic) bond motifs is 1. The lowest BCUT2D eigenvalue weighted by atomic mass is 10.2. The van der Waals surface area contributed by atoms with Crippen LogP contribution < -0.4 is 5.32 Å². The van der Waals surface area contributed by atoms with Crippen LogP contribution in [0, 0.1) is 0 Å². The van der Waals surface area contributed by atoms with Gasteiger partial charge in [0, 0.05) is 37.5 Å². The number of thiophene rings is 1. The first-order valence-corrected chi connectivity index (χ1v) is 10.2. The Kier molecular flexibility index (Phi) is 4.82. The van der Waals surface area contributed by atoms with Crippen LogP contribution in [0.25, 0.3) is 0 Å². The highest BCUT2D eigenvalue weighted by Crippen LogP contribution is 2.29. The summed E-state index contributed by atoms with van der Waals surface area (Å²) in [5.41, 5.74) is 1.05. The lowest BCUT2D eigenvalue weighted by Gasteiger charge is -2.27. The zero-order valence-electron chi connectivity index (χ0n) is 13.9. The number of nitrogens with zero attached hydrogens (tertiary/aromatic N) is 3. The minimum Gasteiger partial charge on any atom is -0.342 e. The molecule has 1 N–H and O–H groups in total. The average Bonchev–Trinajstić information content (AvgIpc) is 3.35. The molecule has 0 aliphatic carbocycles. The Morgan fingerprint density at radius 3 is 2.84 bits per heavy atom. The monoisotopic (exact) mass is 376 g/mol. The summed E-state index contributed by atoms with van der Waals surface area (Å²) in [4.78, 5) is 35.0. The van der Waals surface area contributed by atoms with E-state index in [4.69, 9.17) is 0 Å². The summed E-state index contributed by atoms with van der Waals surface area (Å²) >= 11 is 2.94. The van der Waals surface area contributed by atoms with Crippen molar-refractivity contribution in [2.75, 3.05) is 31.5 Å². The molecule has 0 bridgehead atoms. The lowest BCUT2D eigenvalue weighted by Crippen LogP contribution is -2.40. The number of amides is 2. The van der Waals surface area contributed by atoms with E-state index in [2.05, 4.69) is 15.2 Å². The first-order valence-electron chi connectivity index (χ1n) is 8.52. The molecule has 25 heavy (non-hydrogen) atoms. The molecule has 1 saturated heterocycles. The van der Waals surface area contributed by atoms with Crippen molar-refractivity contribution in [1.29, 1.82) is 0 Å². The van der Waals surface area contributed by atoms with Gasteiger partial charge in [-0.1, -0.05) is 6.07 Å². The Labute approximate surface area is 154 Å². The molecule has 6 nitrogen and oxygen atoms in total. The van der Waals surface area contributed by atoms with Crippen LogP contribution >= 0.6 is 22.7 Å². The summed E-state index contributed by atoms with van der Waals surface area (Å²) in [6.07, 6.45) is 3.07. The highest BCUT2D eigenvalue weighted by atomic mass is 32.1. The van der Waals surface area contributed by atoms with Gasteiger partial charge in [-0.25, -0.2) is 4.98 Å². The molecule has 0 atom stereocenters. The molecule has 0 spiro atoms. The lowest BCUT2D eigenvalue weighted by molar-refractivity contribution is -0.131. The summed E-state index contributed by atoms with van der Waals surface area (Å²) in [6, 6.07) is 3.67. The molecule has 2 aromatic heterocycles. The van der Waals surface area contributed by atoms with Crippen molar-refractivity contribution in [2.24, 2.45) is 0 Å². The van der Waals surface area contributed by atoms with E-state index in [9.17, 15) is 9.59 Å². The maximum atomic E-state index is 12.3. The van der Waals surface area contributed by atoms with Gasteiger partial charge in [-0.3, -0.25) is 19.8 Å². The predicted molar refractivity (Wildman–Crippen MR) is 99.2 cm³/mol. The summed E-state index contributed by atoms with van der Waals surface area (Å²) in [6.45, 7) is 3.86. The molecule has 2 aliphatic rings. The van der Waals surface area contributed by atoms with Crippen molar-refractivity contribution < 1.29 is 9.59 Å². The molecule has 132 valence electrons. The zero-order chi connectivity index (χ0) is 17.2. The highest BCUT2D eigenvalue weighted by molar-refractivity contribution is 7.16. The van der Waals surface area contributed by atoms with Crippen LogP contribution in [0.3, 0.4) is 0 Å². The van der Waals surface area contributed by atoms with Crippen molar-refractivity contribution in [3.8, 4) is 0 Å². The average molecular weight is 377 g/mol. The van der Waals surface area contributed by atoms with Gasteiger partial charge in [-0.2, -0.15) is 0 Å². The fraction of sp³-hybridized carbons (Fsp3) is 0.471. The van der Waals surface area contributed by atoms with E-state index >= 15 is 0 Å². The zero-order valence-corrected chi connectivity index (χ0v) is 15.5. The second kappa shape index (κ2) is 7.23. The molecule has 0 radical (unpaired) electrons. The number of anilines is 1. The van der Waals surface area contributed by atoms with Gasteiger partial charge in [0.15, 0.2) is 5.13 Å². The Balaban J connectivity index is 1.37. The first-order chi connectivity index (χ1) is 12.2. The summed E-state index contributed by atoms with van der Waals surface area (Å²) in [7, 11) is 0. The third-order valence-electron chi connectivity index (χ3n) is 4.59. The number of carbonyl (C=O) groups is 2. The molecule has 8 heteroatoms. The van der Waals surface area contributed by atoms with Crippen molar-refractivity contribution in [3.05, 3.63) is 33.0 Å². The molecule has 2 aliphatic heterocycles. The maximum Gasteiger partial charge on any atom is 0.267 e. The van der Waals surface area contributed by atoms with Crippen LogP contribution in [-0.2, 0) is 17.8 Å². The second-order valence-corrected chi connectivity index (χ2v) is 8.40. The number of nitrogens with one attached hydrogen (secondary N) is 1. The first kappa shape index (κ1) is 16.7. The van der Waals surface area contributed by atoms with E-state index < -0.39 is 0 Å². The summed E-state index contributed by atoms with van der Waals surface area (Å²) in [5, 5.41) is 5.42.